The van der Waals surface area contributed by atoms with Gasteiger partial charge in [-0.15, -0.1) is 11.3 Å². The molecule has 1 aromatic heterocycles. The molecule has 2 amide bonds. The van der Waals surface area contributed by atoms with Crippen molar-refractivity contribution in [3.8, 4) is 0 Å². The zero-order chi connectivity index (χ0) is 15.4. The van der Waals surface area contributed by atoms with E-state index < -0.39 is 0 Å². The van der Waals surface area contributed by atoms with Gasteiger partial charge in [-0.25, -0.2) is 0 Å². The first-order valence-corrected chi connectivity index (χ1v) is 7.38. The molecule has 0 atom stereocenters. The van der Waals surface area contributed by atoms with Gasteiger partial charge in [0, 0.05) is 28.4 Å². The van der Waals surface area contributed by atoms with Crippen molar-refractivity contribution in [2.24, 2.45) is 0 Å². The van der Waals surface area contributed by atoms with Crippen LogP contribution in [0.4, 0.5) is 11.4 Å². The summed E-state index contributed by atoms with van der Waals surface area (Å²) in [5.41, 5.74) is 7.45. The number of nitrogens with two attached hydrogens (primary N) is 1. The second kappa shape index (κ2) is 6.41. The largest absolute Gasteiger partial charge is 0.398 e. The Bertz CT molecular complexity index is 660. The number of hydrogen-bond acceptors (Lipinski definition) is 4. The fourth-order valence-corrected chi connectivity index (χ4v) is 2.64. The fourth-order valence-electron chi connectivity index (χ4n) is 1.80. The maximum absolute atomic E-state index is 12.1. The third kappa shape index (κ3) is 3.61. The van der Waals surface area contributed by atoms with Crippen LogP contribution in [0.2, 0.25) is 0 Å². The molecule has 0 aliphatic heterocycles. The van der Waals surface area contributed by atoms with E-state index in [2.05, 4.69) is 10.6 Å². The average Bonchev–Trinajstić information content (AvgIpc) is 2.79. The Balaban J connectivity index is 2.14. The molecule has 0 aliphatic rings. The molecule has 0 bridgehead atoms. The fraction of sp³-hybridized carbons (Fsp3) is 0.200. The van der Waals surface area contributed by atoms with Gasteiger partial charge in [-0.3, -0.25) is 9.59 Å². The van der Waals surface area contributed by atoms with Crippen molar-refractivity contribution in [2.75, 3.05) is 17.6 Å². The van der Waals surface area contributed by atoms with Crippen LogP contribution in [0.5, 0.6) is 0 Å². The summed E-state index contributed by atoms with van der Waals surface area (Å²) < 4.78 is 0. The van der Waals surface area contributed by atoms with Crippen LogP contribution < -0.4 is 16.4 Å². The first kappa shape index (κ1) is 15.1. The highest BCUT2D eigenvalue weighted by molar-refractivity contribution is 7.14. The van der Waals surface area contributed by atoms with Gasteiger partial charge in [-0.05, 0) is 38.1 Å². The van der Waals surface area contributed by atoms with Gasteiger partial charge in [0.05, 0.1) is 4.88 Å². The normalized spacial score (nSPS) is 10.2. The Hall–Kier alpha value is -2.34. The molecule has 0 spiro atoms. The van der Waals surface area contributed by atoms with E-state index in [0.717, 1.165) is 4.88 Å². The number of carbonyl (C=O) groups excluding carboxylic acids is 2. The second-order valence-electron chi connectivity index (χ2n) is 4.52. The molecule has 1 heterocycles. The van der Waals surface area contributed by atoms with Gasteiger partial charge in [0.1, 0.15) is 0 Å². The SMILES string of the molecule is CCNC(=O)c1cccc(NC(=O)c2cc(N)c(C)s2)c1. The summed E-state index contributed by atoms with van der Waals surface area (Å²) in [4.78, 5) is 25.4. The van der Waals surface area contributed by atoms with Crippen LogP contribution in [0.15, 0.2) is 30.3 Å². The average molecular weight is 303 g/mol. The molecule has 1 aromatic carbocycles. The van der Waals surface area contributed by atoms with Crippen molar-refractivity contribution in [1.29, 1.82) is 0 Å². The summed E-state index contributed by atoms with van der Waals surface area (Å²) in [6, 6.07) is 8.47. The lowest BCUT2D eigenvalue weighted by Gasteiger charge is -2.06. The molecule has 0 saturated carbocycles. The monoisotopic (exact) mass is 303 g/mol. The minimum atomic E-state index is -0.229. The highest BCUT2D eigenvalue weighted by Crippen LogP contribution is 2.24. The Kier molecular flexibility index (Phi) is 4.59. The molecular weight excluding hydrogens is 286 g/mol. The molecule has 0 aliphatic carbocycles. The smallest absolute Gasteiger partial charge is 0.265 e. The first-order valence-electron chi connectivity index (χ1n) is 6.56. The molecule has 110 valence electrons. The molecule has 4 N–H and O–H groups in total. The Morgan fingerprint density at radius 1 is 1.24 bits per heavy atom. The quantitative estimate of drug-likeness (QED) is 0.812. The molecule has 0 fully saturated rings. The van der Waals surface area contributed by atoms with Crippen LogP contribution >= 0.6 is 11.3 Å². The van der Waals surface area contributed by atoms with Crippen molar-refractivity contribution < 1.29 is 9.59 Å². The van der Waals surface area contributed by atoms with E-state index in [1.807, 2.05) is 13.8 Å². The molecule has 6 heteroatoms. The molecular formula is C15H17N3O2S. The highest BCUT2D eigenvalue weighted by Gasteiger charge is 2.12. The van der Waals surface area contributed by atoms with Crippen molar-refractivity contribution in [3.05, 3.63) is 45.6 Å². The summed E-state index contributed by atoms with van der Waals surface area (Å²) in [6.07, 6.45) is 0. The zero-order valence-electron chi connectivity index (χ0n) is 11.9. The van der Waals surface area contributed by atoms with E-state index in [9.17, 15) is 9.59 Å². The van der Waals surface area contributed by atoms with Gasteiger partial charge in [-0.2, -0.15) is 0 Å². The van der Waals surface area contributed by atoms with E-state index in [-0.39, 0.29) is 11.8 Å². The van der Waals surface area contributed by atoms with Gasteiger partial charge in [0.15, 0.2) is 0 Å². The van der Waals surface area contributed by atoms with Gasteiger partial charge in [-0.1, -0.05) is 6.07 Å². The second-order valence-corrected chi connectivity index (χ2v) is 5.77. The summed E-state index contributed by atoms with van der Waals surface area (Å²) in [5, 5.41) is 5.49. The van der Waals surface area contributed by atoms with Crippen LogP contribution in [0, 0.1) is 6.92 Å². The first-order chi connectivity index (χ1) is 10.0. The van der Waals surface area contributed by atoms with Crippen LogP contribution in [-0.4, -0.2) is 18.4 Å². The molecule has 21 heavy (non-hydrogen) atoms. The maximum atomic E-state index is 12.1. The van der Waals surface area contributed by atoms with Crippen molar-refractivity contribution >= 4 is 34.5 Å². The lowest BCUT2D eigenvalue weighted by molar-refractivity contribution is 0.0954. The molecule has 0 unspecified atom stereocenters. The molecule has 2 aromatic rings. The number of aryl methyl sites for hydroxylation is 1. The van der Waals surface area contributed by atoms with Crippen molar-refractivity contribution in [3.63, 3.8) is 0 Å². The summed E-state index contributed by atoms with van der Waals surface area (Å²) in [7, 11) is 0. The zero-order valence-corrected chi connectivity index (χ0v) is 12.7. The maximum Gasteiger partial charge on any atom is 0.265 e. The van der Waals surface area contributed by atoms with Crippen molar-refractivity contribution in [1.82, 2.24) is 5.32 Å². The molecule has 0 radical (unpaired) electrons. The Morgan fingerprint density at radius 3 is 2.62 bits per heavy atom. The lowest BCUT2D eigenvalue weighted by Crippen LogP contribution is -2.22. The van der Waals surface area contributed by atoms with Gasteiger partial charge < -0.3 is 16.4 Å². The molecule has 2 rings (SSSR count). The van der Waals surface area contributed by atoms with E-state index >= 15 is 0 Å². The number of hydrogen-bond donors (Lipinski definition) is 3. The Morgan fingerprint density at radius 2 is 2.00 bits per heavy atom. The van der Waals surface area contributed by atoms with Crippen LogP contribution in [-0.2, 0) is 0 Å². The van der Waals surface area contributed by atoms with E-state index in [0.29, 0.717) is 28.4 Å². The minimum absolute atomic E-state index is 0.162. The Labute approximate surface area is 127 Å². The van der Waals surface area contributed by atoms with Crippen LogP contribution in [0.25, 0.3) is 0 Å². The molecule has 0 saturated heterocycles. The van der Waals surface area contributed by atoms with Gasteiger partial charge in [0.25, 0.3) is 11.8 Å². The predicted octanol–water partition coefficient (Wildman–Crippen LogP) is 2.64. The summed E-state index contributed by atoms with van der Waals surface area (Å²) in [6.45, 7) is 4.28. The standard InChI is InChI=1S/C15H17N3O2S/c1-3-17-14(19)10-5-4-6-11(7-10)18-15(20)13-8-12(16)9(2)21-13/h4-8H,3,16H2,1-2H3,(H,17,19)(H,18,20). The van der Waals surface area contributed by atoms with Crippen LogP contribution in [0.1, 0.15) is 31.8 Å². The van der Waals surface area contributed by atoms with Gasteiger partial charge >= 0.3 is 0 Å². The van der Waals surface area contributed by atoms with Gasteiger partial charge in [0.2, 0.25) is 0 Å². The van der Waals surface area contributed by atoms with E-state index in [1.165, 1.54) is 11.3 Å². The molecule has 5 nitrogen and oxygen atoms in total. The number of anilines is 2. The predicted molar refractivity (Wildman–Crippen MR) is 85.9 cm³/mol. The number of carbonyl (C=O) groups is 2. The number of nitrogen functional groups attached to an aromatic ring is 1. The van der Waals surface area contributed by atoms with E-state index in [1.54, 1.807) is 30.3 Å². The lowest BCUT2D eigenvalue weighted by atomic mass is 10.2. The van der Waals surface area contributed by atoms with Crippen LogP contribution in [0.3, 0.4) is 0 Å². The topological polar surface area (TPSA) is 84.2 Å². The van der Waals surface area contributed by atoms with E-state index in [4.69, 9.17) is 5.73 Å². The summed E-state index contributed by atoms with van der Waals surface area (Å²) in [5.74, 6) is -0.391. The summed E-state index contributed by atoms with van der Waals surface area (Å²) >= 11 is 1.34. The third-order valence-corrected chi connectivity index (χ3v) is 3.96. The number of thiophene rings is 1. The number of nitrogens with one attached hydrogen (secondary N) is 2. The number of benzene rings is 1. The minimum Gasteiger partial charge on any atom is -0.398 e. The number of rotatable bonds is 4. The van der Waals surface area contributed by atoms with Crippen molar-refractivity contribution in [2.45, 2.75) is 13.8 Å². The highest BCUT2D eigenvalue weighted by atomic mass is 32.1. The third-order valence-electron chi connectivity index (χ3n) is 2.90. The number of amides is 2.